The molecule has 0 spiro atoms. The highest BCUT2D eigenvalue weighted by molar-refractivity contribution is 5.93. The second-order valence-corrected chi connectivity index (χ2v) is 7.79. The Morgan fingerprint density at radius 2 is 2.00 bits per heavy atom. The van der Waals surface area contributed by atoms with Crippen LogP contribution in [0.5, 0.6) is 0 Å². The first-order valence-electron chi connectivity index (χ1n) is 10.00. The van der Waals surface area contributed by atoms with E-state index in [1.165, 1.54) is 0 Å². The molecule has 4 rings (SSSR count). The Bertz CT molecular complexity index is 956. The van der Waals surface area contributed by atoms with Crippen LogP contribution < -0.4 is 0 Å². The van der Waals surface area contributed by atoms with Crippen LogP contribution in [0.25, 0.3) is 11.3 Å². The summed E-state index contributed by atoms with van der Waals surface area (Å²) in [6, 6.07) is 12.0. The number of nitrogens with zero attached hydrogens (tertiary/aromatic N) is 4. The zero-order valence-corrected chi connectivity index (χ0v) is 16.7. The minimum absolute atomic E-state index is 0.0314. The van der Waals surface area contributed by atoms with Crippen molar-refractivity contribution in [2.45, 2.75) is 45.1 Å². The molecule has 1 atom stereocenters. The number of aromatic nitrogens is 4. The molecule has 1 N–H and O–H groups in total. The Morgan fingerprint density at radius 1 is 1.21 bits per heavy atom. The van der Waals surface area contributed by atoms with Gasteiger partial charge in [0, 0.05) is 13.6 Å². The van der Waals surface area contributed by atoms with Gasteiger partial charge in [0.25, 0.3) is 5.91 Å². The van der Waals surface area contributed by atoms with Crippen LogP contribution in [0.2, 0.25) is 0 Å². The molecule has 1 amide bonds. The molecule has 1 fully saturated rings. The number of imidazole rings is 1. The zero-order chi connectivity index (χ0) is 19.7. The molecule has 1 aliphatic rings. The number of benzene rings is 1. The minimum atomic E-state index is -0.0314. The number of carbonyl (C=O) groups is 1. The second-order valence-electron chi connectivity index (χ2n) is 7.79. The molecule has 3 aromatic rings. The molecule has 2 aromatic heterocycles. The Balaban J connectivity index is 1.62. The van der Waals surface area contributed by atoms with Gasteiger partial charge >= 0.3 is 0 Å². The molecule has 6 nitrogen and oxygen atoms in total. The molecule has 1 saturated heterocycles. The number of piperidine rings is 1. The lowest BCUT2D eigenvalue weighted by Crippen LogP contribution is -2.39. The van der Waals surface area contributed by atoms with Crippen molar-refractivity contribution in [3.8, 4) is 11.3 Å². The van der Waals surface area contributed by atoms with Gasteiger partial charge in [-0.15, -0.1) is 0 Å². The molecule has 0 bridgehead atoms. The lowest BCUT2D eigenvalue weighted by atomic mass is 10.0. The summed E-state index contributed by atoms with van der Waals surface area (Å²) in [5, 5.41) is 4.51. The summed E-state index contributed by atoms with van der Waals surface area (Å²) in [6.07, 6.45) is 4.90. The molecule has 146 valence electrons. The highest BCUT2D eigenvalue weighted by atomic mass is 16.2. The number of hydrogen-bond acceptors (Lipinski definition) is 3. The van der Waals surface area contributed by atoms with Gasteiger partial charge in [0.15, 0.2) is 0 Å². The predicted molar refractivity (Wildman–Crippen MR) is 109 cm³/mol. The summed E-state index contributed by atoms with van der Waals surface area (Å²) < 4.78 is 1.71. The molecule has 6 heteroatoms. The number of H-pyrrole nitrogens is 1. The van der Waals surface area contributed by atoms with Crippen molar-refractivity contribution in [3.63, 3.8) is 0 Å². The quantitative estimate of drug-likeness (QED) is 0.737. The molecular formula is C22H27N5O. The molecule has 0 aliphatic carbocycles. The predicted octanol–water partition coefficient (Wildman–Crippen LogP) is 4.30. The maximum absolute atomic E-state index is 13.3. The van der Waals surface area contributed by atoms with Crippen LogP contribution in [0.4, 0.5) is 0 Å². The van der Waals surface area contributed by atoms with E-state index in [1.54, 1.807) is 4.68 Å². The smallest absolute Gasteiger partial charge is 0.272 e. The van der Waals surface area contributed by atoms with Crippen LogP contribution in [-0.2, 0) is 7.05 Å². The van der Waals surface area contributed by atoms with E-state index >= 15 is 0 Å². The van der Waals surface area contributed by atoms with Crippen LogP contribution in [0.1, 0.15) is 67.1 Å². The standard InChI is InChI=1S/C22H27N5O/c1-15(2)17-13-20(26(3)25-17)22(28)27-12-8-7-11-19(27)21-23-14-18(24-21)16-9-5-4-6-10-16/h4-6,9-10,13-15,19H,7-8,11-12H2,1-3H3,(H,23,24)/t19-/m0/s1. The summed E-state index contributed by atoms with van der Waals surface area (Å²) in [6.45, 7) is 4.93. The van der Waals surface area contributed by atoms with E-state index in [2.05, 4.69) is 41.0 Å². The molecule has 0 radical (unpaired) electrons. The first-order valence-corrected chi connectivity index (χ1v) is 10.00. The molecule has 28 heavy (non-hydrogen) atoms. The topological polar surface area (TPSA) is 66.8 Å². The van der Waals surface area contributed by atoms with E-state index in [0.29, 0.717) is 11.6 Å². The Morgan fingerprint density at radius 3 is 2.71 bits per heavy atom. The molecule has 0 saturated carbocycles. The molecule has 3 heterocycles. The Kier molecular flexibility index (Phi) is 5.03. The fourth-order valence-corrected chi connectivity index (χ4v) is 3.85. The average Bonchev–Trinajstić information content (AvgIpc) is 3.35. The van der Waals surface area contributed by atoms with Gasteiger partial charge in [-0.25, -0.2) is 4.98 Å². The molecular weight excluding hydrogens is 350 g/mol. The van der Waals surface area contributed by atoms with Crippen molar-refractivity contribution in [2.24, 2.45) is 7.05 Å². The van der Waals surface area contributed by atoms with E-state index in [4.69, 9.17) is 0 Å². The van der Waals surface area contributed by atoms with E-state index in [9.17, 15) is 4.79 Å². The van der Waals surface area contributed by atoms with E-state index < -0.39 is 0 Å². The summed E-state index contributed by atoms with van der Waals surface area (Å²) in [7, 11) is 1.85. The van der Waals surface area contributed by atoms with E-state index in [0.717, 1.165) is 48.6 Å². The van der Waals surface area contributed by atoms with Crippen LogP contribution in [-0.4, -0.2) is 37.1 Å². The zero-order valence-electron chi connectivity index (χ0n) is 16.7. The lowest BCUT2D eigenvalue weighted by Gasteiger charge is -2.34. The fraction of sp³-hybridized carbons (Fsp3) is 0.409. The molecule has 1 aliphatic heterocycles. The number of aryl methyl sites for hydroxylation is 1. The third kappa shape index (κ3) is 3.46. The summed E-state index contributed by atoms with van der Waals surface area (Å²) in [5.74, 6) is 1.19. The maximum atomic E-state index is 13.3. The number of amides is 1. The minimum Gasteiger partial charge on any atom is -0.340 e. The number of hydrogen-bond donors (Lipinski definition) is 1. The Labute approximate surface area is 165 Å². The average molecular weight is 377 g/mol. The van der Waals surface area contributed by atoms with E-state index in [1.807, 2.05) is 42.4 Å². The van der Waals surface area contributed by atoms with Gasteiger partial charge < -0.3 is 9.88 Å². The number of nitrogens with one attached hydrogen (secondary N) is 1. The Hall–Kier alpha value is -2.89. The summed E-state index contributed by atoms with van der Waals surface area (Å²) >= 11 is 0. The van der Waals surface area contributed by atoms with Gasteiger partial charge in [-0.3, -0.25) is 9.48 Å². The van der Waals surface area contributed by atoms with Gasteiger partial charge in [-0.05, 0) is 36.8 Å². The van der Waals surface area contributed by atoms with Crippen molar-refractivity contribution in [1.82, 2.24) is 24.6 Å². The van der Waals surface area contributed by atoms with Gasteiger partial charge in [0.05, 0.1) is 23.6 Å². The highest BCUT2D eigenvalue weighted by Gasteiger charge is 2.32. The van der Waals surface area contributed by atoms with E-state index in [-0.39, 0.29) is 11.9 Å². The van der Waals surface area contributed by atoms with Gasteiger partial charge in [0.2, 0.25) is 0 Å². The highest BCUT2D eigenvalue weighted by Crippen LogP contribution is 2.32. The van der Waals surface area contributed by atoms with Crippen molar-refractivity contribution < 1.29 is 4.79 Å². The van der Waals surface area contributed by atoms with Crippen LogP contribution in [0.15, 0.2) is 42.6 Å². The fourth-order valence-electron chi connectivity index (χ4n) is 3.85. The van der Waals surface area contributed by atoms with Crippen molar-refractivity contribution >= 4 is 5.91 Å². The first kappa shape index (κ1) is 18.5. The number of rotatable bonds is 4. The third-order valence-electron chi connectivity index (χ3n) is 5.47. The van der Waals surface area contributed by atoms with Crippen molar-refractivity contribution in [2.75, 3.05) is 6.54 Å². The van der Waals surface area contributed by atoms with Crippen LogP contribution >= 0.6 is 0 Å². The largest absolute Gasteiger partial charge is 0.340 e. The van der Waals surface area contributed by atoms with Gasteiger partial charge in [-0.1, -0.05) is 44.2 Å². The normalized spacial score (nSPS) is 17.3. The second kappa shape index (κ2) is 7.62. The summed E-state index contributed by atoms with van der Waals surface area (Å²) in [4.78, 5) is 23.4. The third-order valence-corrected chi connectivity index (χ3v) is 5.47. The first-order chi connectivity index (χ1) is 13.5. The summed E-state index contributed by atoms with van der Waals surface area (Å²) in [5.41, 5.74) is 3.67. The maximum Gasteiger partial charge on any atom is 0.272 e. The number of aromatic amines is 1. The number of likely N-dealkylation sites (tertiary alicyclic amines) is 1. The SMILES string of the molecule is CC(C)c1cc(C(=O)N2CCCC[C@H]2c2ncc(-c3ccccc3)[nH]2)n(C)n1. The molecule has 1 aromatic carbocycles. The van der Waals surface area contributed by atoms with Crippen LogP contribution in [0.3, 0.4) is 0 Å². The van der Waals surface area contributed by atoms with Crippen molar-refractivity contribution in [3.05, 3.63) is 59.8 Å². The van der Waals surface area contributed by atoms with Gasteiger partial charge in [0.1, 0.15) is 11.5 Å². The number of carbonyl (C=O) groups excluding carboxylic acids is 1. The molecule has 0 unspecified atom stereocenters. The van der Waals surface area contributed by atoms with Crippen molar-refractivity contribution in [1.29, 1.82) is 0 Å². The van der Waals surface area contributed by atoms with Crippen LogP contribution in [0, 0.1) is 0 Å². The van der Waals surface area contributed by atoms with Gasteiger partial charge in [-0.2, -0.15) is 5.10 Å². The monoisotopic (exact) mass is 377 g/mol. The lowest BCUT2D eigenvalue weighted by molar-refractivity contribution is 0.0589.